The van der Waals surface area contributed by atoms with Gasteiger partial charge in [-0.2, -0.15) is 0 Å². The molecule has 0 saturated heterocycles. The van der Waals surface area contributed by atoms with E-state index in [4.69, 9.17) is 0 Å². The van der Waals surface area contributed by atoms with Crippen LogP contribution in [-0.4, -0.2) is 19.9 Å². The highest BCUT2D eigenvalue weighted by Crippen LogP contribution is 2.27. The summed E-state index contributed by atoms with van der Waals surface area (Å²) in [4.78, 5) is 17.4. The lowest BCUT2D eigenvalue weighted by Gasteiger charge is -2.17. The molecule has 0 fully saturated rings. The molecule has 1 aromatic carbocycles. The highest BCUT2D eigenvalue weighted by molar-refractivity contribution is 5.69. The van der Waals surface area contributed by atoms with Crippen LogP contribution in [0.1, 0.15) is 18.5 Å². The summed E-state index contributed by atoms with van der Waals surface area (Å²) in [6.45, 7) is 2.00. The molecular weight excluding hydrogens is 367 g/mol. The standard InChI is InChI=1S/C22H19FN6/c1-15(16-5-7-18(23)8-6-16)27-20-12-17(19-4-2-3-9-25-19)13-21(28-20)29-22-14-24-10-11-26-22/h2-15H,1H3,(H2,26,27,28,29)/t15-/m0/s1. The Hall–Kier alpha value is -3.87. The van der Waals surface area contributed by atoms with E-state index >= 15 is 0 Å². The second kappa shape index (κ2) is 8.43. The van der Waals surface area contributed by atoms with E-state index in [2.05, 4.69) is 30.6 Å². The van der Waals surface area contributed by atoms with Gasteiger partial charge in [-0.25, -0.2) is 14.4 Å². The third-order valence-electron chi connectivity index (χ3n) is 4.34. The van der Waals surface area contributed by atoms with E-state index in [0.717, 1.165) is 16.8 Å². The second-order valence-electron chi connectivity index (χ2n) is 6.47. The van der Waals surface area contributed by atoms with Crippen molar-refractivity contribution in [1.82, 2.24) is 19.9 Å². The number of anilines is 3. The molecule has 0 amide bonds. The minimum absolute atomic E-state index is 0.0635. The smallest absolute Gasteiger partial charge is 0.150 e. The van der Waals surface area contributed by atoms with Crippen LogP contribution >= 0.6 is 0 Å². The van der Waals surface area contributed by atoms with E-state index in [9.17, 15) is 4.39 Å². The normalized spacial score (nSPS) is 11.7. The quantitative estimate of drug-likeness (QED) is 0.486. The molecule has 3 heterocycles. The fourth-order valence-corrected chi connectivity index (χ4v) is 2.90. The zero-order chi connectivity index (χ0) is 20.1. The van der Waals surface area contributed by atoms with Gasteiger partial charge < -0.3 is 10.6 Å². The van der Waals surface area contributed by atoms with Crippen molar-refractivity contribution in [2.75, 3.05) is 10.6 Å². The van der Waals surface area contributed by atoms with Gasteiger partial charge in [-0.3, -0.25) is 9.97 Å². The first-order valence-corrected chi connectivity index (χ1v) is 9.16. The van der Waals surface area contributed by atoms with Crippen molar-refractivity contribution in [3.05, 3.63) is 90.8 Å². The summed E-state index contributed by atoms with van der Waals surface area (Å²) >= 11 is 0. The Labute approximate surface area is 167 Å². The average molecular weight is 386 g/mol. The number of rotatable bonds is 6. The number of pyridine rings is 2. The SMILES string of the molecule is C[C@H](Nc1cc(-c2ccccn2)cc(Nc2cnccn2)n1)c1ccc(F)cc1. The van der Waals surface area contributed by atoms with Crippen molar-refractivity contribution in [1.29, 1.82) is 0 Å². The molecule has 144 valence electrons. The largest absolute Gasteiger partial charge is 0.363 e. The Bertz CT molecular complexity index is 1070. The molecule has 7 heteroatoms. The summed E-state index contributed by atoms with van der Waals surface area (Å²) < 4.78 is 13.2. The number of nitrogens with zero attached hydrogens (tertiary/aromatic N) is 4. The molecule has 6 nitrogen and oxygen atoms in total. The summed E-state index contributed by atoms with van der Waals surface area (Å²) in [7, 11) is 0. The van der Waals surface area contributed by atoms with E-state index < -0.39 is 0 Å². The molecule has 0 unspecified atom stereocenters. The van der Waals surface area contributed by atoms with Crippen LogP contribution in [0, 0.1) is 5.82 Å². The first kappa shape index (κ1) is 18.5. The first-order chi connectivity index (χ1) is 14.2. The summed E-state index contributed by atoms with van der Waals surface area (Å²) in [5.74, 6) is 1.61. The van der Waals surface area contributed by atoms with E-state index in [1.165, 1.54) is 12.1 Å². The first-order valence-electron chi connectivity index (χ1n) is 9.16. The molecule has 3 aromatic heterocycles. The van der Waals surface area contributed by atoms with Crippen LogP contribution in [0.5, 0.6) is 0 Å². The van der Waals surface area contributed by atoms with Crippen molar-refractivity contribution in [3.8, 4) is 11.3 Å². The number of aromatic nitrogens is 4. The molecule has 29 heavy (non-hydrogen) atoms. The summed E-state index contributed by atoms with van der Waals surface area (Å²) in [5, 5.41) is 6.55. The van der Waals surface area contributed by atoms with Crippen LogP contribution in [0.15, 0.2) is 79.4 Å². The lowest BCUT2D eigenvalue weighted by atomic mass is 10.1. The van der Waals surface area contributed by atoms with Crippen molar-refractivity contribution in [3.63, 3.8) is 0 Å². The fourth-order valence-electron chi connectivity index (χ4n) is 2.90. The Morgan fingerprint density at radius 3 is 2.41 bits per heavy atom. The summed E-state index contributed by atoms with van der Waals surface area (Å²) in [6.07, 6.45) is 6.60. The van der Waals surface area contributed by atoms with Gasteiger partial charge in [-0.15, -0.1) is 0 Å². The summed E-state index contributed by atoms with van der Waals surface area (Å²) in [5.41, 5.74) is 2.69. The predicted molar refractivity (Wildman–Crippen MR) is 111 cm³/mol. The lowest BCUT2D eigenvalue weighted by molar-refractivity contribution is 0.626. The van der Waals surface area contributed by atoms with Gasteiger partial charge in [0, 0.05) is 30.2 Å². The highest BCUT2D eigenvalue weighted by Gasteiger charge is 2.11. The van der Waals surface area contributed by atoms with Gasteiger partial charge in [-0.1, -0.05) is 18.2 Å². The van der Waals surface area contributed by atoms with E-state index in [-0.39, 0.29) is 11.9 Å². The summed E-state index contributed by atoms with van der Waals surface area (Å²) in [6, 6.07) is 15.9. The molecule has 0 saturated carbocycles. The molecule has 4 rings (SSSR count). The van der Waals surface area contributed by atoms with E-state index in [1.54, 1.807) is 36.9 Å². The molecule has 0 bridgehead atoms. The zero-order valence-electron chi connectivity index (χ0n) is 15.7. The van der Waals surface area contributed by atoms with Gasteiger partial charge in [0.25, 0.3) is 0 Å². The second-order valence-corrected chi connectivity index (χ2v) is 6.47. The molecule has 0 aliphatic carbocycles. The Kier molecular flexibility index (Phi) is 5.38. The Morgan fingerprint density at radius 1 is 0.862 bits per heavy atom. The van der Waals surface area contributed by atoms with Gasteiger partial charge in [0.1, 0.15) is 23.3 Å². The van der Waals surface area contributed by atoms with Crippen LogP contribution in [0.25, 0.3) is 11.3 Å². The van der Waals surface area contributed by atoms with Gasteiger partial charge in [-0.05, 0) is 48.9 Å². The van der Waals surface area contributed by atoms with Crippen LogP contribution in [0.3, 0.4) is 0 Å². The number of benzene rings is 1. The molecule has 4 aromatic rings. The van der Waals surface area contributed by atoms with E-state index in [0.29, 0.717) is 17.5 Å². The lowest BCUT2D eigenvalue weighted by Crippen LogP contribution is -2.09. The van der Waals surface area contributed by atoms with Crippen LogP contribution in [0.2, 0.25) is 0 Å². The maximum Gasteiger partial charge on any atom is 0.150 e. The third kappa shape index (κ3) is 4.70. The maximum absolute atomic E-state index is 13.2. The molecule has 2 N–H and O–H groups in total. The Balaban J connectivity index is 1.66. The molecule has 0 spiro atoms. The molecule has 0 aliphatic heterocycles. The third-order valence-corrected chi connectivity index (χ3v) is 4.34. The fraction of sp³-hybridized carbons (Fsp3) is 0.0909. The highest BCUT2D eigenvalue weighted by atomic mass is 19.1. The number of nitrogens with one attached hydrogen (secondary N) is 2. The average Bonchev–Trinajstić information content (AvgIpc) is 2.75. The van der Waals surface area contributed by atoms with Crippen LogP contribution in [-0.2, 0) is 0 Å². The number of hydrogen-bond acceptors (Lipinski definition) is 6. The molecule has 0 aliphatic rings. The zero-order valence-corrected chi connectivity index (χ0v) is 15.7. The van der Waals surface area contributed by atoms with Gasteiger partial charge >= 0.3 is 0 Å². The molecular formula is C22H19FN6. The maximum atomic E-state index is 13.2. The van der Waals surface area contributed by atoms with Crippen molar-refractivity contribution >= 4 is 17.5 Å². The van der Waals surface area contributed by atoms with Crippen molar-refractivity contribution in [2.45, 2.75) is 13.0 Å². The predicted octanol–water partition coefficient (Wildman–Crippen LogP) is 4.99. The topological polar surface area (TPSA) is 75.6 Å². The number of hydrogen-bond donors (Lipinski definition) is 2. The number of halogens is 1. The van der Waals surface area contributed by atoms with Gasteiger partial charge in [0.15, 0.2) is 0 Å². The minimum atomic E-state index is -0.258. The minimum Gasteiger partial charge on any atom is -0.363 e. The molecule has 1 atom stereocenters. The van der Waals surface area contributed by atoms with Crippen molar-refractivity contribution in [2.24, 2.45) is 0 Å². The van der Waals surface area contributed by atoms with Gasteiger partial charge in [0.05, 0.1) is 11.9 Å². The monoisotopic (exact) mass is 386 g/mol. The van der Waals surface area contributed by atoms with Crippen LogP contribution < -0.4 is 10.6 Å². The Morgan fingerprint density at radius 2 is 1.69 bits per heavy atom. The van der Waals surface area contributed by atoms with Crippen molar-refractivity contribution < 1.29 is 4.39 Å². The molecule has 0 radical (unpaired) electrons. The van der Waals surface area contributed by atoms with E-state index in [1.807, 2.05) is 37.3 Å². The van der Waals surface area contributed by atoms with Gasteiger partial charge in [0.2, 0.25) is 0 Å². The van der Waals surface area contributed by atoms with Crippen LogP contribution in [0.4, 0.5) is 21.8 Å².